The molecule has 10 heteroatoms. The van der Waals surface area contributed by atoms with Gasteiger partial charge in [0.05, 0.1) is 13.7 Å². The third-order valence-corrected chi connectivity index (χ3v) is 5.00. The molecule has 0 aliphatic rings. The SMILES string of the molecule is COc1ccc(NC(=O)O[C@H](c2ccc(OCCO)cc2)[C@@H](C/C=C/C(C)=C/C(=O)NO)OC)cc1. The van der Waals surface area contributed by atoms with Crippen molar-refractivity contribution in [1.29, 1.82) is 0 Å². The van der Waals surface area contributed by atoms with Gasteiger partial charge in [0, 0.05) is 18.9 Å². The normalized spacial score (nSPS) is 13.1. The highest BCUT2D eigenvalue weighted by Crippen LogP contribution is 2.28. The summed E-state index contributed by atoms with van der Waals surface area (Å²) in [7, 11) is 3.07. The smallest absolute Gasteiger partial charge is 0.412 e. The van der Waals surface area contributed by atoms with Crippen molar-refractivity contribution in [1.82, 2.24) is 5.48 Å². The highest BCUT2D eigenvalue weighted by molar-refractivity contribution is 5.87. The molecule has 0 spiro atoms. The lowest BCUT2D eigenvalue weighted by Gasteiger charge is -2.26. The first-order chi connectivity index (χ1) is 17.4. The van der Waals surface area contributed by atoms with Gasteiger partial charge in [-0.05, 0) is 60.9 Å². The third-order valence-electron chi connectivity index (χ3n) is 5.00. The summed E-state index contributed by atoms with van der Waals surface area (Å²) in [5.74, 6) is 0.578. The van der Waals surface area contributed by atoms with Gasteiger partial charge >= 0.3 is 6.09 Å². The molecule has 0 saturated heterocycles. The molecule has 36 heavy (non-hydrogen) atoms. The molecule has 2 atom stereocenters. The maximum atomic E-state index is 12.7. The lowest BCUT2D eigenvalue weighted by atomic mass is 10.0. The van der Waals surface area contributed by atoms with Crippen LogP contribution in [0.5, 0.6) is 11.5 Å². The van der Waals surface area contributed by atoms with E-state index >= 15 is 0 Å². The van der Waals surface area contributed by atoms with Gasteiger partial charge in [0.15, 0.2) is 6.10 Å². The number of aliphatic hydroxyl groups is 1. The fourth-order valence-electron chi connectivity index (χ4n) is 3.23. The van der Waals surface area contributed by atoms with Crippen molar-refractivity contribution < 1.29 is 38.9 Å². The highest BCUT2D eigenvalue weighted by Gasteiger charge is 2.27. The Kier molecular flexibility index (Phi) is 12.0. The van der Waals surface area contributed by atoms with Crippen molar-refractivity contribution in [3.63, 3.8) is 0 Å². The van der Waals surface area contributed by atoms with Crippen LogP contribution in [0.2, 0.25) is 0 Å². The molecule has 0 fully saturated rings. The minimum absolute atomic E-state index is 0.106. The number of carbonyl (C=O) groups is 2. The van der Waals surface area contributed by atoms with Gasteiger partial charge in [0.25, 0.3) is 5.91 Å². The lowest BCUT2D eigenvalue weighted by Crippen LogP contribution is -2.27. The summed E-state index contributed by atoms with van der Waals surface area (Å²) < 4.78 is 22.0. The molecule has 194 valence electrons. The second-order valence-electron chi connectivity index (χ2n) is 7.60. The number of amides is 2. The summed E-state index contributed by atoms with van der Waals surface area (Å²) in [6, 6.07) is 13.8. The zero-order chi connectivity index (χ0) is 26.3. The summed E-state index contributed by atoms with van der Waals surface area (Å²) in [6.45, 7) is 1.76. The average molecular weight is 501 g/mol. The zero-order valence-corrected chi connectivity index (χ0v) is 20.5. The number of nitrogens with one attached hydrogen (secondary N) is 2. The average Bonchev–Trinajstić information content (AvgIpc) is 2.89. The second-order valence-corrected chi connectivity index (χ2v) is 7.60. The van der Waals surface area contributed by atoms with Gasteiger partial charge in [0.2, 0.25) is 0 Å². The third kappa shape index (κ3) is 9.41. The van der Waals surface area contributed by atoms with Crippen LogP contribution in [0.3, 0.4) is 0 Å². The molecule has 2 aromatic carbocycles. The number of methoxy groups -OCH3 is 2. The van der Waals surface area contributed by atoms with Crippen molar-refractivity contribution in [2.45, 2.75) is 25.6 Å². The van der Waals surface area contributed by atoms with Crippen molar-refractivity contribution >= 4 is 17.7 Å². The predicted octanol–water partition coefficient (Wildman–Crippen LogP) is 3.77. The molecule has 0 radical (unpaired) electrons. The Morgan fingerprint density at radius 3 is 2.28 bits per heavy atom. The van der Waals surface area contributed by atoms with E-state index in [-0.39, 0.29) is 13.2 Å². The van der Waals surface area contributed by atoms with Crippen LogP contribution in [0, 0.1) is 0 Å². The Morgan fingerprint density at radius 2 is 1.69 bits per heavy atom. The van der Waals surface area contributed by atoms with Crippen LogP contribution in [-0.4, -0.2) is 55.9 Å². The van der Waals surface area contributed by atoms with E-state index < -0.39 is 24.2 Å². The number of allylic oxidation sites excluding steroid dienone is 2. The molecule has 10 nitrogen and oxygen atoms in total. The minimum atomic E-state index is -0.783. The molecule has 2 amide bonds. The Labute approximate surface area is 210 Å². The fraction of sp³-hybridized carbons (Fsp3) is 0.308. The number of rotatable bonds is 13. The number of ether oxygens (including phenoxy) is 4. The van der Waals surface area contributed by atoms with E-state index in [9.17, 15) is 9.59 Å². The first-order valence-electron chi connectivity index (χ1n) is 11.2. The Morgan fingerprint density at radius 1 is 1.03 bits per heavy atom. The van der Waals surface area contributed by atoms with Gasteiger partial charge in [-0.2, -0.15) is 0 Å². The van der Waals surface area contributed by atoms with Gasteiger partial charge < -0.3 is 24.1 Å². The number of hydroxylamine groups is 1. The van der Waals surface area contributed by atoms with Gasteiger partial charge in [-0.15, -0.1) is 0 Å². The van der Waals surface area contributed by atoms with Crippen molar-refractivity contribution in [3.05, 3.63) is 77.9 Å². The molecule has 0 aliphatic carbocycles. The van der Waals surface area contributed by atoms with Gasteiger partial charge in [-0.3, -0.25) is 15.3 Å². The summed E-state index contributed by atoms with van der Waals surface area (Å²) in [5.41, 5.74) is 3.35. The molecular weight excluding hydrogens is 468 g/mol. The first kappa shape index (κ1) is 28.4. The molecule has 0 aliphatic heterocycles. The molecule has 0 saturated carbocycles. The van der Waals surface area contributed by atoms with Crippen LogP contribution >= 0.6 is 0 Å². The van der Waals surface area contributed by atoms with Crippen molar-refractivity contribution in [2.24, 2.45) is 0 Å². The second kappa shape index (κ2) is 15.2. The fourth-order valence-corrected chi connectivity index (χ4v) is 3.23. The first-order valence-corrected chi connectivity index (χ1v) is 11.2. The molecule has 2 aromatic rings. The van der Waals surface area contributed by atoms with E-state index in [1.807, 2.05) is 0 Å². The summed E-state index contributed by atoms with van der Waals surface area (Å²) in [5, 5.41) is 20.3. The maximum absolute atomic E-state index is 12.7. The largest absolute Gasteiger partial charge is 0.497 e. The van der Waals surface area contributed by atoms with Crippen LogP contribution < -0.4 is 20.3 Å². The molecular formula is C26H32N2O8. The number of hydrogen-bond acceptors (Lipinski definition) is 8. The highest BCUT2D eigenvalue weighted by atomic mass is 16.6. The van der Waals surface area contributed by atoms with Crippen molar-refractivity contribution in [3.8, 4) is 11.5 Å². The van der Waals surface area contributed by atoms with E-state index in [0.717, 1.165) is 0 Å². The predicted molar refractivity (Wildman–Crippen MR) is 133 cm³/mol. The molecule has 2 rings (SSSR count). The van der Waals surface area contributed by atoms with Crippen LogP contribution in [-0.2, 0) is 14.3 Å². The van der Waals surface area contributed by atoms with E-state index in [4.69, 9.17) is 29.3 Å². The molecule has 0 unspecified atom stereocenters. The number of benzene rings is 2. The van der Waals surface area contributed by atoms with Gasteiger partial charge in [-0.1, -0.05) is 24.3 Å². The standard InChI is InChI=1S/C26H32N2O8/c1-18(17-24(30)28-32)5-4-6-23(34-3)25(19-7-11-22(12-8-19)35-16-15-29)36-26(31)27-20-9-13-21(33-2)14-10-20/h4-5,7-14,17,23,25,29,32H,6,15-16H2,1-3H3,(H,27,31)(H,28,30)/b5-4+,18-17+/t23-,25-/m1/s1. The van der Waals surface area contributed by atoms with E-state index in [1.165, 1.54) is 13.2 Å². The van der Waals surface area contributed by atoms with Gasteiger partial charge in [-0.25, -0.2) is 10.3 Å². The summed E-state index contributed by atoms with van der Waals surface area (Å²) >= 11 is 0. The van der Waals surface area contributed by atoms with E-state index in [2.05, 4.69) is 5.32 Å². The summed E-state index contributed by atoms with van der Waals surface area (Å²) in [6.07, 6.45) is 3.04. The number of hydrogen-bond donors (Lipinski definition) is 4. The van der Waals surface area contributed by atoms with Crippen molar-refractivity contribution in [2.75, 3.05) is 32.8 Å². The molecule has 4 N–H and O–H groups in total. The van der Waals surface area contributed by atoms with E-state index in [0.29, 0.717) is 34.7 Å². The monoisotopic (exact) mass is 500 g/mol. The zero-order valence-electron chi connectivity index (χ0n) is 20.5. The Hall–Kier alpha value is -3.86. The Balaban J connectivity index is 2.21. The molecule has 0 aromatic heterocycles. The lowest BCUT2D eigenvalue weighted by molar-refractivity contribution is -0.124. The topological polar surface area (TPSA) is 136 Å². The number of carbonyl (C=O) groups excluding carboxylic acids is 2. The van der Waals surface area contributed by atoms with Crippen LogP contribution in [0.4, 0.5) is 10.5 Å². The molecule has 0 heterocycles. The van der Waals surface area contributed by atoms with Crippen LogP contribution in [0.25, 0.3) is 0 Å². The van der Waals surface area contributed by atoms with Gasteiger partial charge in [0.1, 0.15) is 24.2 Å². The quantitative estimate of drug-likeness (QED) is 0.141. The van der Waals surface area contributed by atoms with Crippen LogP contribution in [0.1, 0.15) is 25.0 Å². The summed E-state index contributed by atoms with van der Waals surface area (Å²) in [4.78, 5) is 24.0. The van der Waals surface area contributed by atoms with E-state index in [1.54, 1.807) is 80.2 Å². The Bertz CT molecular complexity index is 1020. The number of aliphatic hydroxyl groups excluding tert-OH is 1. The van der Waals surface area contributed by atoms with Crippen LogP contribution in [0.15, 0.2) is 72.3 Å². The minimum Gasteiger partial charge on any atom is -0.497 e. The number of anilines is 1. The molecule has 0 bridgehead atoms. The maximum Gasteiger partial charge on any atom is 0.412 e.